The van der Waals surface area contributed by atoms with Crippen LogP contribution in [0.3, 0.4) is 0 Å². The molecule has 4 aromatic carbocycles. The van der Waals surface area contributed by atoms with Gasteiger partial charge in [0, 0.05) is 22.1 Å². The first-order valence-electron chi connectivity index (χ1n) is 9.35. The topological polar surface area (TPSA) is 196 Å². The van der Waals surface area contributed by atoms with Crippen LogP contribution in [0.15, 0.2) is 70.5 Å². The number of carbonyl (C=O) groups excluding carboxylic acids is 1. The molecular weight excluding hydrogens is 511 g/mol. The summed E-state index contributed by atoms with van der Waals surface area (Å²) in [6.45, 7) is 0. The fraction of sp³-hybridized carbons (Fsp3) is 0. The molecule has 0 saturated heterocycles. The second-order valence-electron chi connectivity index (χ2n) is 7.24. The van der Waals surface area contributed by atoms with Gasteiger partial charge >= 0.3 is 35.6 Å². The summed E-state index contributed by atoms with van der Waals surface area (Å²) in [7, 11) is -9.62. The zero-order valence-corrected chi connectivity index (χ0v) is 21.5. The fourth-order valence-electron chi connectivity index (χ4n) is 3.38. The molecule has 35 heavy (non-hydrogen) atoms. The summed E-state index contributed by atoms with van der Waals surface area (Å²) in [5.74, 6) is -0.830. The first-order chi connectivity index (χ1) is 15.8. The van der Waals surface area contributed by atoms with Gasteiger partial charge in [-0.15, -0.1) is 0 Å². The first kappa shape index (κ1) is 26.7. The number of fused-ring (bicyclic) bond motifs is 2. The number of amides is 2. The Balaban J connectivity index is 0.00000342. The number of carbonyl (C=O) groups is 1. The van der Waals surface area contributed by atoms with Gasteiger partial charge in [0.15, 0.2) is 0 Å². The van der Waals surface area contributed by atoms with Crippen molar-refractivity contribution in [1.29, 1.82) is 0 Å². The maximum Gasteiger partial charge on any atom is 1.00 e. The maximum atomic E-state index is 12.4. The van der Waals surface area contributed by atoms with Crippen LogP contribution in [-0.4, -0.2) is 42.2 Å². The summed E-state index contributed by atoms with van der Waals surface area (Å²) in [4.78, 5) is 11.2. The van der Waals surface area contributed by atoms with Gasteiger partial charge in [-0.05, 0) is 71.4 Å². The Bertz CT molecular complexity index is 1580. The van der Waals surface area contributed by atoms with E-state index in [0.29, 0.717) is 0 Å². The van der Waals surface area contributed by atoms with Gasteiger partial charge < -0.3 is 30.0 Å². The van der Waals surface area contributed by atoms with Crippen LogP contribution in [0.2, 0.25) is 0 Å². The third kappa shape index (κ3) is 5.85. The standard InChI is InChI=1S/C21H16N2O9S2.Na/c24-19-9-15(33(27,28)29)7-11-5-13(1-3-17(11)19)22-21(26)23-14-2-4-18-12(6-14)8-16(10-20(18)25)34(30,31)32;/h1-10,24-25H,(H2,22,23,26)(H,27,28,29)(H,30,31,32);/q;+1/p-2. The van der Waals surface area contributed by atoms with E-state index in [0.717, 1.165) is 24.3 Å². The normalized spacial score (nSPS) is 11.7. The van der Waals surface area contributed by atoms with Crippen molar-refractivity contribution < 1.29 is 70.5 Å². The third-order valence-electron chi connectivity index (χ3n) is 4.90. The Morgan fingerprint density at radius 3 is 1.37 bits per heavy atom. The quantitative estimate of drug-likeness (QED) is 0.207. The molecule has 0 fully saturated rings. The molecule has 0 saturated carbocycles. The Kier molecular flexibility index (Phi) is 7.34. The second-order valence-corrected chi connectivity index (χ2v) is 10.0. The Morgan fingerprint density at radius 1 is 0.657 bits per heavy atom. The minimum atomic E-state index is -4.81. The summed E-state index contributed by atoms with van der Waals surface area (Å²) in [6, 6.07) is 11.5. The number of anilines is 2. The summed E-state index contributed by atoms with van der Waals surface area (Å²) in [6.07, 6.45) is 0. The average Bonchev–Trinajstić information content (AvgIpc) is 2.71. The van der Waals surface area contributed by atoms with Gasteiger partial charge in [0.25, 0.3) is 0 Å². The van der Waals surface area contributed by atoms with Gasteiger partial charge in [-0.1, -0.05) is 0 Å². The number of hydrogen-bond donors (Lipinski definition) is 4. The average molecular weight is 525 g/mol. The number of phenols is 2. The van der Waals surface area contributed by atoms with E-state index in [1.165, 1.54) is 36.4 Å². The summed E-state index contributed by atoms with van der Waals surface area (Å²) in [5, 5.41) is 25.9. The molecule has 4 rings (SSSR count). The molecule has 0 aliphatic rings. The molecular formula is C21H14N2NaO9S2-. The van der Waals surface area contributed by atoms with E-state index in [1.54, 1.807) is 0 Å². The SMILES string of the molecule is O=C(Nc1ccc2c(O)cc(S(=O)(=O)[O-])cc2c1)Nc1ccc2c(O)cc(S(=O)(=O)[O-])cc2c1.[Na+]. The molecule has 4 N–H and O–H groups in total. The van der Waals surface area contributed by atoms with Crippen LogP contribution in [0, 0.1) is 0 Å². The van der Waals surface area contributed by atoms with Crippen LogP contribution in [0.5, 0.6) is 11.5 Å². The van der Waals surface area contributed by atoms with E-state index < -0.39 is 47.6 Å². The Morgan fingerprint density at radius 2 is 1.03 bits per heavy atom. The van der Waals surface area contributed by atoms with Crippen LogP contribution in [0.25, 0.3) is 21.5 Å². The largest absolute Gasteiger partial charge is 1.00 e. The zero-order valence-electron chi connectivity index (χ0n) is 17.8. The summed E-state index contributed by atoms with van der Waals surface area (Å²) >= 11 is 0. The van der Waals surface area contributed by atoms with E-state index in [2.05, 4.69) is 10.6 Å². The van der Waals surface area contributed by atoms with E-state index in [9.17, 15) is 40.9 Å². The zero-order chi connectivity index (χ0) is 24.8. The second kappa shape index (κ2) is 9.62. The predicted octanol–water partition coefficient (Wildman–Crippen LogP) is -0.140. The molecule has 0 unspecified atom stereocenters. The minimum Gasteiger partial charge on any atom is -0.744 e. The molecule has 0 aliphatic carbocycles. The number of nitrogens with one attached hydrogen (secondary N) is 2. The molecule has 0 aliphatic heterocycles. The number of phenolic OH excluding ortho intramolecular Hbond substituents is 2. The van der Waals surface area contributed by atoms with Crippen LogP contribution >= 0.6 is 0 Å². The van der Waals surface area contributed by atoms with Crippen LogP contribution in [0.4, 0.5) is 16.2 Å². The number of benzene rings is 4. The van der Waals surface area contributed by atoms with Crippen molar-refractivity contribution in [2.24, 2.45) is 0 Å². The van der Waals surface area contributed by atoms with E-state index in [1.807, 2.05) is 0 Å². The Labute approximate surface area is 221 Å². The molecule has 0 atom stereocenters. The fourth-order valence-corrected chi connectivity index (χ4v) is 4.44. The van der Waals surface area contributed by atoms with E-state index >= 15 is 0 Å². The molecule has 0 spiro atoms. The number of aromatic hydroxyl groups is 2. The molecule has 14 heteroatoms. The van der Waals surface area contributed by atoms with Crippen molar-refractivity contribution in [1.82, 2.24) is 0 Å². The van der Waals surface area contributed by atoms with Crippen molar-refractivity contribution in [3.05, 3.63) is 60.7 Å². The molecule has 4 aromatic rings. The van der Waals surface area contributed by atoms with Crippen molar-refractivity contribution in [3.63, 3.8) is 0 Å². The van der Waals surface area contributed by atoms with E-state index in [4.69, 9.17) is 0 Å². The first-order valence-corrected chi connectivity index (χ1v) is 12.2. The molecule has 0 radical (unpaired) electrons. The van der Waals surface area contributed by atoms with Crippen molar-refractivity contribution in [2.45, 2.75) is 9.79 Å². The van der Waals surface area contributed by atoms with Gasteiger partial charge in [0.1, 0.15) is 31.7 Å². The van der Waals surface area contributed by atoms with Crippen LogP contribution in [0.1, 0.15) is 0 Å². The van der Waals surface area contributed by atoms with Crippen LogP contribution < -0.4 is 40.2 Å². The van der Waals surface area contributed by atoms with Gasteiger partial charge in [-0.25, -0.2) is 21.6 Å². The molecule has 0 aromatic heterocycles. The van der Waals surface area contributed by atoms with Crippen molar-refractivity contribution in [2.75, 3.05) is 10.6 Å². The van der Waals surface area contributed by atoms with Crippen LogP contribution in [-0.2, 0) is 20.2 Å². The monoisotopic (exact) mass is 525 g/mol. The Hall–Kier alpha value is -2.91. The van der Waals surface area contributed by atoms with Gasteiger partial charge in [-0.3, -0.25) is 0 Å². The van der Waals surface area contributed by atoms with E-state index in [-0.39, 0.29) is 62.5 Å². The maximum absolute atomic E-state index is 12.4. The number of rotatable bonds is 4. The predicted molar refractivity (Wildman–Crippen MR) is 120 cm³/mol. The van der Waals surface area contributed by atoms with Gasteiger partial charge in [0.2, 0.25) is 0 Å². The third-order valence-corrected chi connectivity index (χ3v) is 6.53. The van der Waals surface area contributed by atoms with Crippen molar-refractivity contribution >= 4 is 59.2 Å². The van der Waals surface area contributed by atoms with Gasteiger partial charge in [0.05, 0.1) is 9.79 Å². The molecule has 176 valence electrons. The van der Waals surface area contributed by atoms with Gasteiger partial charge in [-0.2, -0.15) is 0 Å². The number of hydrogen-bond acceptors (Lipinski definition) is 9. The number of urea groups is 1. The smallest absolute Gasteiger partial charge is 0.744 e. The molecule has 0 bridgehead atoms. The summed E-state index contributed by atoms with van der Waals surface area (Å²) < 4.78 is 67.6. The molecule has 2 amide bonds. The summed E-state index contributed by atoms with van der Waals surface area (Å²) in [5.41, 5.74) is 0.422. The van der Waals surface area contributed by atoms with Crippen molar-refractivity contribution in [3.8, 4) is 11.5 Å². The minimum absolute atomic E-state index is 0. The molecule has 0 heterocycles. The molecule has 11 nitrogen and oxygen atoms in total.